The Labute approximate surface area is 128 Å². The molecule has 0 saturated carbocycles. The number of halogens is 2. The SMILES string of the molecule is Cc1ccc(CNC(C)c2ccc(C)c(F)c2)c(Br)c1. The summed E-state index contributed by atoms with van der Waals surface area (Å²) < 4.78 is 14.7. The molecule has 0 fully saturated rings. The van der Waals surface area contributed by atoms with Gasteiger partial charge in [0.25, 0.3) is 0 Å². The molecule has 0 aromatic heterocycles. The van der Waals surface area contributed by atoms with Crippen LogP contribution in [0.2, 0.25) is 0 Å². The van der Waals surface area contributed by atoms with E-state index in [9.17, 15) is 4.39 Å². The molecule has 0 aliphatic rings. The van der Waals surface area contributed by atoms with Gasteiger partial charge in [-0.25, -0.2) is 4.39 Å². The molecule has 3 heteroatoms. The van der Waals surface area contributed by atoms with E-state index in [0.29, 0.717) is 5.56 Å². The van der Waals surface area contributed by atoms with E-state index >= 15 is 0 Å². The number of aryl methyl sites for hydroxylation is 2. The molecular formula is C17H19BrFN. The van der Waals surface area contributed by atoms with Gasteiger partial charge in [0, 0.05) is 17.1 Å². The minimum absolute atomic E-state index is 0.110. The predicted octanol–water partition coefficient (Wildman–Crippen LogP) is 5.06. The van der Waals surface area contributed by atoms with Crippen LogP contribution in [0.3, 0.4) is 0 Å². The first-order valence-corrected chi connectivity index (χ1v) is 7.51. The zero-order valence-corrected chi connectivity index (χ0v) is 13.6. The number of hydrogen-bond acceptors (Lipinski definition) is 1. The molecule has 20 heavy (non-hydrogen) atoms. The maximum absolute atomic E-state index is 13.6. The summed E-state index contributed by atoms with van der Waals surface area (Å²) >= 11 is 3.57. The van der Waals surface area contributed by atoms with Crippen LogP contribution in [0.1, 0.15) is 35.2 Å². The fourth-order valence-electron chi connectivity index (χ4n) is 2.06. The third kappa shape index (κ3) is 3.68. The number of nitrogens with one attached hydrogen (secondary N) is 1. The van der Waals surface area contributed by atoms with Crippen molar-refractivity contribution < 1.29 is 4.39 Å². The van der Waals surface area contributed by atoms with Crippen molar-refractivity contribution in [2.75, 3.05) is 0 Å². The summed E-state index contributed by atoms with van der Waals surface area (Å²) in [5, 5.41) is 3.43. The molecule has 0 spiro atoms. The van der Waals surface area contributed by atoms with Crippen LogP contribution in [-0.2, 0) is 6.54 Å². The fourth-order valence-corrected chi connectivity index (χ4v) is 2.69. The molecule has 0 heterocycles. The molecule has 1 unspecified atom stereocenters. The van der Waals surface area contributed by atoms with E-state index < -0.39 is 0 Å². The highest BCUT2D eigenvalue weighted by atomic mass is 79.9. The lowest BCUT2D eigenvalue weighted by molar-refractivity contribution is 0.562. The number of rotatable bonds is 4. The van der Waals surface area contributed by atoms with E-state index in [1.54, 1.807) is 13.0 Å². The molecule has 0 aliphatic heterocycles. The van der Waals surface area contributed by atoms with Crippen molar-refractivity contribution in [1.29, 1.82) is 0 Å². The molecule has 1 N–H and O–H groups in total. The van der Waals surface area contributed by atoms with Crippen molar-refractivity contribution in [3.05, 3.63) is 68.9 Å². The molecule has 0 radical (unpaired) electrons. The highest BCUT2D eigenvalue weighted by Crippen LogP contribution is 2.20. The topological polar surface area (TPSA) is 12.0 Å². The van der Waals surface area contributed by atoms with Crippen LogP contribution in [0, 0.1) is 19.7 Å². The highest BCUT2D eigenvalue weighted by molar-refractivity contribution is 9.10. The van der Waals surface area contributed by atoms with Gasteiger partial charge >= 0.3 is 0 Å². The van der Waals surface area contributed by atoms with Crippen LogP contribution in [0.4, 0.5) is 4.39 Å². The second-order valence-corrected chi connectivity index (χ2v) is 6.06. The highest BCUT2D eigenvalue weighted by Gasteiger charge is 2.08. The van der Waals surface area contributed by atoms with Crippen molar-refractivity contribution >= 4 is 15.9 Å². The molecule has 0 amide bonds. The van der Waals surface area contributed by atoms with Gasteiger partial charge in [0.1, 0.15) is 5.82 Å². The van der Waals surface area contributed by atoms with Gasteiger partial charge in [0.05, 0.1) is 0 Å². The predicted molar refractivity (Wildman–Crippen MR) is 85.3 cm³/mol. The van der Waals surface area contributed by atoms with E-state index in [2.05, 4.69) is 46.4 Å². The summed E-state index contributed by atoms with van der Waals surface area (Å²) in [6, 6.07) is 11.8. The van der Waals surface area contributed by atoms with E-state index in [0.717, 1.165) is 16.6 Å². The summed E-state index contributed by atoms with van der Waals surface area (Å²) in [6.07, 6.45) is 0. The van der Waals surface area contributed by atoms with Gasteiger partial charge in [-0.2, -0.15) is 0 Å². The second kappa shape index (κ2) is 6.51. The normalized spacial score (nSPS) is 12.4. The molecule has 0 bridgehead atoms. The molecular weight excluding hydrogens is 317 g/mol. The van der Waals surface area contributed by atoms with Gasteiger partial charge in [-0.3, -0.25) is 0 Å². The van der Waals surface area contributed by atoms with Gasteiger partial charge in [0.15, 0.2) is 0 Å². The second-order valence-electron chi connectivity index (χ2n) is 5.21. The van der Waals surface area contributed by atoms with Crippen molar-refractivity contribution in [3.8, 4) is 0 Å². The minimum Gasteiger partial charge on any atom is -0.306 e. The lowest BCUT2D eigenvalue weighted by Gasteiger charge is -2.16. The zero-order valence-electron chi connectivity index (χ0n) is 12.0. The molecule has 1 nitrogen and oxygen atoms in total. The molecule has 0 saturated heterocycles. The lowest BCUT2D eigenvalue weighted by atomic mass is 10.1. The zero-order chi connectivity index (χ0) is 14.7. The minimum atomic E-state index is -0.146. The summed E-state index contributed by atoms with van der Waals surface area (Å²) in [5.74, 6) is -0.146. The van der Waals surface area contributed by atoms with Crippen molar-refractivity contribution in [1.82, 2.24) is 5.32 Å². The summed E-state index contributed by atoms with van der Waals surface area (Å²) in [5.41, 5.74) is 4.09. The van der Waals surface area contributed by atoms with Crippen LogP contribution in [0.25, 0.3) is 0 Å². The average molecular weight is 336 g/mol. The Morgan fingerprint density at radius 2 is 1.90 bits per heavy atom. The monoisotopic (exact) mass is 335 g/mol. The first kappa shape index (κ1) is 15.2. The van der Waals surface area contributed by atoms with Crippen LogP contribution < -0.4 is 5.32 Å². The van der Waals surface area contributed by atoms with Crippen LogP contribution in [0.15, 0.2) is 40.9 Å². The van der Waals surface area contributed by atoms with E-state index in [4.69, 9.17) is 0 Å². The van der Waals surface area contributed by atoms with Gasteiger partial charge < -0.3 is 5.32 Å². The summed E-state index contributed by atoms with van der Waals surface area (Å²) in [6.45, 7) is 6.64. The van der Waals surface area contributed by atoms with Gasteiger partial charge in [-0.15, -0.1) is 0 Å². The average Bonchev–Trinajstić information content (AvgIpc) is 2.40. The van der Waals surface area contributed by atoms with Crippen molar-refractivity contribution in [3.63, 3.8) is 0 Å². The Balaban J connectivity index is 2.04. The molecule has 2 aromatic carbocycles. The Morgan fingerprint density at radius 3 is 2.55 bits per heavy atom. The molecule has 0 aliphatic carbocycles. The maximum atomic E-state index is 13.6. The van der Waals surface area contributed by atoms with Gasteiger partial charge in [-0.1, -0.05) is 40.2 Å². The van der Waals surface area contributed by atoms with Crippen LogP contribution in [0.5, 0.6) is 0 Å². The maximum Gasteiger partial charge on any atom is 0.126 e. The summed E-state index contributed by atoms with van der Waals surface area (Å²) in [4.78, 5) is 0. The van der Waals surface area contributed by atoms with Crippen molar-refractivity contribution in [2.24, 2.45) is 0 Å². The van der Waals surface area contributed by atoms with E-state index in [1.807, 2.05) is 19.1 Å². The fraction of sp³-hybridized carbons (Fsp3) is 0.294. The smallest absolute Gasteiger partial charge is 0.126 e. The quantitative estimate of drug-likeness (QED) is 0.823. The molecule has 106 valence electrons. The van der Waals surface area contributed by atoms with Crippen LogP contribution in [-0.4, -0.2) is 0 Å². The lowest BCUT2D eigenvalue weighted by Crippen LogP contribution is -2.18. The third-order valence-corrected chi connectivity index (χ3v) is 4.24. The Morgan fingerprint density at radius 1 is 1.15 bits per heavy atom. The molecule has 2 rings (SSSR count). The number of benzene rings is 2. The van der Waals surface area contributed by atoms with E-state index in [-0.39, 0.29) is 11.9 Å². The Bertz CT molecular complexity index is 610. The summed E-state index contributed by atoms with van der Waals surface area (Å²) in [7, 11) is 0. The number of hydrogen-bond donors (Lipinski definition) is 1. The molecule has 2 aromatic rings. The largest absolute Gasteiger partial charge is 0.306 e. The van der Waals surface area contributed by atoms with Gasteiger partial charge in [0.2, 0.25) is 0 Å². The first-order chi connectivity index (χ1) is 9.47. The standard InChI is InChI=1S/C17H19BrFN/c1-11-4-6-15(16(18)8-11)10-20-13(3)14-7-5-12(2)17(19)9-14/h4-9,13,20H,10H2,1-3H3. The van der Waals surface area contributed by atoms with Gasteiger partial charge in [-0.05, 0) is 55.2 Å². The Hall–Kier alpha value is -1.19. The molecule has 1 atom stereocenters. The van der Waals surface area contributed by atoms with E-state index in [1.165, 1.54) is 11.1 Å². The van der Waals surface area contributed by atoms with Crippen LogP contribution >= 0.6 is 15.9 Å². The Kier molecular flexibility index (Phi) is 4.95. The first-order valence-electron chi connectivity index (χ1n) is 6.72. The third-order valence-electron chi connectivity index (χ3n) is 3.50. The van der Waals surface area contributed by atoms with Crippen molar-refractivity contribution in [2.45, 2.75) is 33.4 Å².